The molecule has 1 aromatic heterocycles. The zero-order valence-corrected chi connectivity index (χ0v) is 11.2. The van der Waals surface area contributed by atoms with Crippen LogP contribution in [0.3, 0.4) is 0 Å². The van der Waals surface area contributed by atoms with Crippen molar-refractivity contribution < 1.29 is 0 Å². The summed E-state index contributed by atoms with van der Waals surface area (Å²) in [7, 11) is 2.86. The number of rotatable bonds is 2. The van der Waals surface area contributed by atoms with E-state index < -0.39 is 11.2 Å². The van der Waals surface area contributed by atoms with Gasteiger partial charge >= 0.3 is 5.69 Å². The Morgan fingerprint density at radius 2 is 1.75 bits per heavy atom. The molecule has 104 valence electrons. The first-order chi connectivity index (χ1) is 9.43. The molecule has 0 bridgehead atoms. The quantitative estimate of drug-likeness (QED) is 0.593. The van der Waals surface area contributed by atoms with Gasteiger partial charge in [0.2, 0.25) is 0 Å². The molecule has 1 heterocycles. The molecule has 1 aromatic carbocycles. The van der Waals surface area contributed by atoms with Crippen LogP contribution in [-0.4, -0.2) is 15.3 Å². The van der Waals surface area contributed by atoms with E-state index in [-0.39, 0.29) is 11.5 Å². The van der Waals surface area contributed by atoms with Crippen molar-refractivity contribution in [2.24, 2.45) is 19.1 Å². The molecule has 0 aliphatic rings. The molecule has 20 heavy (non-hydrogen) atoms. The van der Waals surface area contributed by atoms with Crippen LogP contribution in [0.25, 0.3) is 0 Å². The molecule has 0 unspecified atom stereocenters. The van der Waals surface area contributed by atoms with E-state index in [0.717, 1.165) is 4.57 Å². The summed E-state index contributed by atoms with van der Waals surface area (Å²) < 4.78 is 2.15. The number of nitrogens with two attached hydrogens (primary N) is 2. The predicted octanol–water partition coefficient (Wildman–Crippen LogP) is -0.001000. The molecule has 0 aliphatic carbocycles. The zero-order valence-electron chi connectivity index (χ0n) is 11.2. The van der Waals surface area contributed by atoms with Crippen molar-refractivity contribution in [2.45, 2.75) is 0 Å². The summed E-state index contributed by atoms with van der Waals surface area (Å²) >= 11 is 0. The van der Waals surface area contributed by atoms with Crippen LogP contribution < -0.4 is 22.7 Å². The SMILES string of the molecule is Cn1c(/N=C\c2ccccc2N)c(N)c(=O)n(C)c1=O. The molecule has 7 nitrogen and oxygen atoms in total. The van der Waals surface area contributed by atoms with Gasteiger partial charge in [0.15, 0.2) is 5.82 Å². The Morgan fingerprint density at radius 1 is 1.10 bits per heavy atom. The molecule has 0 amide bonds. The van der Waals surface area contributed by atoms with Crippen molar-refractivity contribution in [2.75, 3.05) is 11.5 Å². The minimum Gasteiger partial charge on any atom is -0.398 e. The molecule has 2 aromatic rings. The van der Waals surface area contributed by atoms with E-state index in [0.29, 0.717) is 11.3 Å². The molecule has 7 heteroatoms. The van der Waals surface area contributed by atoms with Crippen LogP contribution in [0.1, 0.15) is 5.56 Å². The van der Waals surface area contributed by atoms with Gasteiger partial charge in [-0.2, -0.15) is 0 Å². The van der Waals surface area contributed by atoms with Crippen molar-refractivity contribution in [3.63, 3.8) is 0 Å². The Kier molecular flexibility index (Phi) is 3.43. The Bertz CT molecular complexity index is 764. The van der Waals surface area contributed by atoms with Crippen molar-refractivity contribution in [3.8, 4) is 0 Å². The van der Waals surface area contributed by atoms with E-state index in [1.807, 2.05) is 6.07 Å². The molecule has 0 atom stereocenters. The molecular formula is C13H15N5O2. The number of nitrogens with zero attached hydrogens (tertiary/aromatic N) is 3. The highest BCUT2D eigenvalue weighted by molar-refractivity contribution is 5.88. The van der Waals surface area contributed by atoms with E-state index in [9.17, 15) is 9.59 Å². The van der Waals surface area contributed by atoms with Gasteiger partial charge in [-0.15, -0.1) is 0 Å². The molecule has 0 fully saturated rings. The largest absolute Gasteiger partial charge is 0.398 e. The normalized spacial score (nSPS) is 11.1. The van der Waals surface area contributed by atoms with Gasteiger partial charge in [0.1, 0.15) is 5.69 Å². The molecule has 2 rings (SSSR count). The average molecular weight is 273 g/mol. The van der Waals surface area contributed by atoms with Crippen LogP contribution in [0.4, 0.5) is 17.2 Å². The summed E-state index contributed by atoms with van der Waals surface area (Å²) in [5.41, 5.74) is 11.6. The summed E-state index contributed by atoms with van der Waals surface area (Å²) in [6.07, 6.45) is 1.47. The number of aromatic nitrogens is 2. The summed E-state index contributed by atoms with van der Waals surface area (Å²) in [5, 5.41) is 0. The highest BCUT2D eigenvalue weighted by Gasteiger charge is 2.11. The predicted molar refractivity (Wildman–Crippen MR) is 79.4 cm³/mol. The van der Waals surface area contributed by atoms with Gasteiger partial charge in [0.25, 0.3) is 5.56 Å². The highest BCUT2D eigenvalue weighted by Crippen LogP contribution is 2.15. The lowest BCUT2D eigenvalue weighted by Crippen LogP contribution is -2.38. The second kappa shape index (κ2) is 5.04. The average Bonchev–Trinajstić information content (AvgIpc) is 2.45. The minimum atomic E-state index is -0.568. The number of hydrogen-bond acceptors (Lipinski definition) is 5. The van der Waals surface area contributed by atoms with Crippen LogP contribution >= 0.6 is 0 Å². The third kappa shape index (κ3) is 2.20. The maximum Gasteiger partial charge on any atom is 0.332 e. The lowest BCUT2D eigenvalue weighted by atomic mass is 10.2. The lowest BCUT2D eigenvalue weighted by molar-refractivity contribution is 0.693. The first-order valence-corrected chi connectivity index (χ1v) is 5.87. The molecule has 0 radical (unpaired) electrons. The van der Waals surface area contributed by atoms with E-state index in [1.165, 1.54) is 24.9 Å². The van der Waals surface area contributed by atoms with Crippen molar-refractivity contribution >= 4 is 23.4 Å². The van der Waals surface area contributed by atoms with Gasteiger partial charge in [-0.05, 0) is 6.07 Å². The van der Waals surface area contributed by atoms with E-state index in [1.54, 1.807) is 18.2 Å². The maximum absolute atomic E-state index is 11.8. The van der Waals surface area contributed by atoms with Crippen LogP contribution in [-0.2, 0) is 14.1 Å². The number of hydrogen-bond donors (Lipinski definition) is 2. The molecule has 0 saturated heterocycles. The topological polar surface area (TPSA) is 108 Å². The van der Waals surface area contributed by atoms with Crippen molar-refractivity contribution in [3.05, 3.63) is 50.7 Å². The molecular weight excluding hydrogens is 258 g/mol. The Hall–Kier alpha value is -2.83. The van der Waals surface area contributed by atoms with E-state index in [4.69, 9.17) is 11.5 Å². The fourth-order valence-corrected chi connectivity index (χ4v) is 1.77. The van der Waals surface area contributed by atoms with Gasteiger partial charge in [0.05, 0.1) is 0 Å². The van der Waals surface area contributed by atoms with Crippen LogP contribution in [0.15, 0.2) is 38.8 Å². The second-order valence-corrected chi connectivity index (χ2v) is 4.33. The van der Waals surface area contributed by atoms with Crippen LogP contribution in [0, 0.1) is 0 Å². The van der Waals surface area contributed by atoms with Gasteiger partial charge in [-0.25, -0.2) is 9.79 Å². The zero-order chi connectivity index (χ0) is 14.9. The number of para-hydroxylation sites is 1. The Labute approximate surface area is 114 Å². The monoisotopic (exact) mass is 273 g/mol. The first kappa shape index (κ1) is 13.6. The number of aliphatic imine (C=N–C) groups is 1. The van der Waals surface area contributed by atoms with Gasteiger partial charge in [-0.3, -0.25) is 13.9 Å². The van der Waals surface area contributed by atoms with E-state index in [2.05, 4.69) is 4.99 Å². The van der Waals surface area contributed by atoms with Gasteiger partial charge in [0, 0.05) is 31.6 Å². The summed E-state index contributed by atoms with van der Waals surface area (Å²) in [5.74, 6) is 0.112. The van der Waals surface area contributed by atoms with Crippen LogP contribution in [0.5, 0.6) is 0 Å². The second-order valence-electron chi connectivity index (χ2n) is 4.33. The molecule has 4 N–H and O–H groups in total. The van der Waals surface area contributed by atoms with Gasteiger partial charge < -0.3 is 11.5 Å². The third-order valence-corrected chi connectivity index (χ3v) is 2.99. The summed E-state index contributed by atoms with van der Waals surface area (Å²) in [6.45, 7) is 0. The summed E-state index contributed by atoms with van der Waals surface area (Å²) in [6, 6.07) is 7.11. The summed E-state index contributed by atoms with van der Waals surface area (Å²) in [4.78, 5) is 27.7. The number of benzene rings is 1. The highest BCUT2D eigenvalue weighted by atomic mass is 16.2. The first-order valence-electron chi connectivity index (χ1n) is 5.87. The maximum atomic E-state index is 11.8. The fourth-order valence-electron chi connectivity index (χ4n) is 1.77. The smallest absolute Gasteiger partial charge is 0.332 e. The minimum absolute atomic E-state index is 0.0830. The Balaban J connectivity index is 2.59. The third-order valence-electron chi connectivity index (χ3n) is 2.99. The molecule has 0 saturated carbocycles. The lowest BCUT2D eigenvalue weighted by Gasteiger charge is -2.08. The van der Waals surface area contributed by atoms with Crippen molar-refractivity contribution in [1.29, 1.82) is 0 Å². The van der Waals surface area contributed by atoms with Gasteiger partial charge in [-0.1, -0.05) is 18.2 Å². The molecule has 0 spiro atoms. The standard InChI is InChI=1S/C13H15N5O2/c1-17-11(10(15)12(19)18(2)13(17)20)16-7-8-5-3-4-6-9(8)14/h3-7H,14-15H2,1-2H3/b16-7-. The van der Waals surface area contributed by atoms with E-state index >= 15 is 0 Å². The number of nitrogen functional groups attached to an aromatic ring is 2. The van der Waals surface area contributed by atoms with Crippen LogP contribution in [0.2, 0.25) is 0 Å². The fraction of sp³-hybridized carbons (Fsp3) is 0.154. The Morgan fingerprint density at radius 3 is 2.40 bits per heavy atom. The van der Waals surface area contributed by atoms with Crippen molar-refractivity contribution in [1.82, 2.24) is 9.13 Å². The molecule has 0 aliphatic heterocycles. The number of anilines is 2.